The van der Waals surface area contributed by atoms with Gasteiger partial charge in [-0.1, -0.05) is 52.0 Å². The second-order valence-electron chi connectivity index (χ2n) is 5.61. The fraction of sp³-hybridized carbons (Fsp3) is 0.400. The lowest BCUT2D eigenvalue weighted by Gasteiger charge is -2.09. The van der Waals surface area contributed by atoms with Crippen LogP contribution in [0.1, 0.15) is 49.9 Å². The van der Waals surface area contributed by atoms with Gasteiger partial charge < -0.3 is 0 Å². The molecule has 3 nitrogen and oxygen atoms in total. The summed E-state index contributed by atoms with van der Waals surface area (Å²) in [6.07, 6.45) is 3.54. The molecule has 24 heavy (non-hydrogen) atoms. The average Bonchev–Trinajstić information content (AvgIpc) is 2.60. The molecule has 0 aromatic heterocycles. The molecule has 0 atom stereocenters. The predicted octanol–water partition coefficient (Wildman–Crippen LogP) is 6.05. The molecule has 0 unspecified atom stereocenters. The van der Waals surface area contributed by atoms with Crippen LogP contribution in [-0.4, -0.2) is 0 Å². The molecule has 0 saturated carbocycles. The van der Waals surface area contributed by atoms with Crippen molar-refractivity contribution < 1.29 is 13.6 Å². The zero-order valence-corrected chi connectivity index (χ0v) is 15.9. The van der Waals surface area contributed by atoms with Crippen molar-refractivity contribution in [3.8, 4) is 11.5 Å². The van der Waals surface area contributed by atoms with Gasteiger partial charge in [0, 0.05) is 15.7 Å². The number of aryl methyl sites for hydroxylation is 2. The van der Waals surface area contributed by atoms with E-state index in [-0.39, 0.29) is 0 Å². The molecule has 0 bridgehead atoms. The van der Waals surface area contributed by atoms with Crippen LogP contribution in [0.15, 0.2) is 36.4 Å². The summed E-state index contributed by atoms with van der Waals surface area (Å²) < 4.78 is 23.7. The highest BCUT2D eigenvalue weighted by Crippen LogP contribution is 2.36. The van der Waals surface area contributed by atoms with Crippen molar-refractivity contribution in [3.05, 3.63) is 58.7 Å². The second kappa shape index (κ2) is 8.84. The SMILES string of the molecule is CCc1cccc(O[P+](=O)Oc2cccc(CC)c2CC)c1CC. The maximum absolute atomic E-state index is 12.4. The molecule has 2 aromatic rings. The highest BCUT2D eigenvalue weighted by atomic mass is 31.1. The minimum absolute atomic E-state index is 0.655. The fourth-order valence-corrected chi connectivity index (χ4v) is 3.74. The van der Waals surface area contributed by atoms with Crippen LogP contribution in [0.3, 0.4) is 0 Å². The maximum Gasteiger partial charge on any atom is 0.805 e. The third-order valence-electron chi connectivity index (χ3n) is 4.27. The normalized spacial score (nSPS) is 10.5. The lowest BCUT2D eigenvalue weighted by Crippen LogP contribution is -1.99. The molecule has 0 fully saturated rings. The van der Waals surface area contributed by atoms with Gasteiger partial charge in [-0.3, -0.25) is 0 Å². The van der Waals surface area contributed by atoms with Gasteiger partial charge in [0.2, 0.25) is 0 Å². The Bertz CT molecular complexity index is 651. The van der Waals surface area contributed by atoms with Crippen molar-refractivity contribution in [2.75, 3.05) is 0 Å². The predicted molar refractivity (Wildman–Crippen MR) is 99.3 cm³/mol. The molecule has 0 aliphatic carbocycles. The van der Waals surface area contributed by atoms with E-state index in [1.54, 1.807) is 0 Å². The minimum Gasteiger partial charge on any atom is -0.222 e. The first-order valence-corrected chi connectivity index (χ1v) is 9.78. The zero-order chi connectivity index (χ0) is 17.5. The first kappa shape index (κ1) is 18.5. The number of hydrogen-bond donors (Lipinski definition) is 0. The van der Waals surface area contributed by atoms with Crippen LogP contribution in [0.4, 0.5) is 0 Å². The maximum atomic E-state index is 12.4. The zero-order valence-electron chi connectivity index (χ0n) is 15.0. The lowest BCUT2D eigenvalue weighted by molar-refractivity contribution is 0.411. The van der Waals surface area contributed by atoms with Crippen LogP contribution < -0.4 is 9.05 Å². The molecule has 2 aromatic carbocycles. The summed E-state index contributed by atoms with van der Waals surface area (Å²) in [7, 11) is -2.26. The molecule has 128 valence electrons. The van der Waals surface area contributed by atoms with Crippen molar-refractivity contribution >= 4 is 8.25 Å². The van der Waals surface area contributed by atoms with E-state index in [9.17, 15) is 4.57 Å². The van der Waals surface area contributed by atoms with Crippen LogP contribution in [-0.2, 0) is 30.2 Å². The quantitative estimate of drug-likeness (QED) is 0.546. The van der Waals surface area contributed by atoms with E-state index >= 15 is 0 Å². The van der Waals surface area contributed by atoms with Crippen LogP contribution in [0, 0.1) is 0 Å². The van der Waals surface area contributed by atoms with Crippen LogP contribution in [0.2, 0.25) is 0 Å². The van der Waals surface area contributed by atoms with Crippen molar-refractivity contribution in [1.29, 1.82) is 0 Å². The molecule has 4 heteroatoms. The monoisotopic (exact) mass is 345 g/mol. The molecule has 0 N–H and O–H groups in total. The first-order chi connectivity index (χ1) is 11.6. The largest absolute Gasteiger partial charge is 0.805 e. The molecule has 0 aliphatic heterocycles. The van der Waals surface area contributed by atoms with Gasteiger partial charge in [0.05, 0.1) is 0 Å². The summed E-state index contributed by atoms with van der Waals surface area (Å²) >= 11 is 0. The van der Waals surface area contributed by atoms with Gasteiger partial charge in [-0.25, -0.2) is 9.05 Å². The summed E-state index contributed by atoms with van der Waals surface area (Å²) in [6.45, 7) is 8.38. The van der Waals surface area contributed by atoms with E-state index < -0.39 is 8.25 Å². The number of hydrogen-bond acceptors (Lipinski definition) is 3. The Kier molecular flexibility index (Phi) is 6.81. The Morgan fingerprint density at radius 3 is 1.46 bits per heavy atom. The van der Waals surface area contributed by atoms with Crippen LogP contribution in [0.5, 0.6) is 11.5 Å². The molecule has 0 radical (unpaired) electrons. The van der Waals surface area contributed by atoms with Crippen molar-refractivity contribution in [3.63, 3.8) is 0 Å². The number of rotatable bonds is 8. The smallest absolute Gasteiger partial charge is 0.222 e. The Morgan fingerprint density at radius 2 is 1.12 bits per heavy atom. The minimum atomic E-state index is -2.26. The Hall–Kier alpha value is -1.86. The molecule has 0 aliphatic rings. The van der Waals surface area contributed by atoms with Gasteiger partial charge in [-0.15, -0.1) is 0 Å². The highest BCUT2D eigenvalue weighted by Gasteiger charge is 2.27. The Morgan fingerprint density at radius 1 is 0.708 bits per heavy atom. The summed E-state index contributed by atoms with van der Waals surface area (Å²) in [5.41, 5.74) is 4.65. The molecular weight excluding hydrogens is 319 g/mol. The third-order valence-corrected chi connectivity index (χ3v) is 4.97. The van der Waals surface area contributed by atoms with Gasteiger partial charge in [-0.2, -0.15) is 0 Å². The second-order valence-corrected chi connectivity index (χ2v) is 6.42. The van der Waals surface area contributed by atoms with E-state index in [1.807, 2.05) is 24.3 Å². The molecule has 2 rings (SSSR count). The molecule has 0 saturated heterocycles. The van der Waals surface area contributed by atoms with Gasteiger partial charge in [-0.05, 0) is 48.9 Å². The van der Waals surface area contributed by atoms with E-state index in [2.05, 4.69) is 39.8 Å². The molecule has 0 amide bonds. The Balaban J connectivity index is 2.21. The van der Waals surface area contributed by atoms with Crippen molar-refractivity contribution in [2.45, 2.75) is 53.4 Å². The van der Waals surface area contributed by atoms with E-state index in [0.29, 0.717) is 11.5 Å². The summed E-state index contributed by atoms with van der Waals surface area (Å²) in [5.74, 6) is 1.31. The molecule has 0 heterocycles. The van der Waals surface area contributed by atoms with E-state index in [0.717, 1.165) is 36.8 Å². The summed E-state index contributed by atoms with van der Waals surface area (Å²) in [6, 6.07) is 11.8. The third kappa shape index (κ3) is 4.15. The lowest BCUT2D eigenvalue weighted by atomic mass is 10.0. The first-order valence-electron chi connectivity index (χ1n) is 8.69. The average molecular weight is 345 g/mol. The van der Waals surface area contributed by atoms with Crippen molar-refractivity contribution in [2.24, 2.45) is 0 Å². The standard InChI is InChI=1S/C20H26O3P/c1-5-15-11-9-13-19(17(15)7-3)22-24(21)23-20-14-10-12-16(6-2)18(20)8-4/h9-14H,5-8H2,1-4H3/q+1. The van der Waals surface area contributed by atoms with Gasteiger partial charge >= 0.3 is 8.25 Å². The molecular formula is C20H26O3P+. The van der Waals surface area contributed by atoms with E-state index in [1.165, 1.54) is 11.1 Å². The van der Waals surface area contributed by atoms with Gasteiger partial charge in [0.15, 0.2) is 11.5 Å². The van der Waals surface area contributed by atoms with Crippen LogP contribution >= 0.6 is 8.25 Å². The van der Waals surface area contributed by atoms with Crippen LogP contribution in [0.25, 0.3) is 0 Å². The fourth-order valence-electron chi connectivity index (χ4n) is 3.04. The van der Waals surface area contributed by atoms with Gasteiger partial charge in [0.1, 0.15) is 0 Å². The van der Waals surface area contributed by atoms with Crippen molar-refractivity contribution in [1.82, 2.24) is 0 Å². The summed E-state index contributed by atoms with van der Waals surface area (Å²) in [5, 5.41) is 0. The van der Waals surface area contributed by atoms with Gasteiger partial charge in [0.25, 0.3) is 0 Å². The molecule has 0 spiro atoms. The highest BCUT2D eigenvalue weighted by molar-refractivity contribution is 7.34. The van der Waals surface area contributed by atoms with E-state index in [4.69, 9.17) is 9.05 Å². The summed E-state index contributed by atoms with van der Waals surface area (Å²) in [4.78, 5) is 0. The topological polar surface area (TPSA) is 35.5 Å². The number of benzene rings is 2. The Labute approximate surface area is 146 Å².